The fraction of sp³-hybridized carbons (Fsp3) is 1.00. The highest BCUT2D eigenvalue weighted by Crippen LogP contribution is 2.21. The zero-order valence-electron chi connectivity index (χ0n) is 10.4. The van der Waals surface area contributed by atoms with Gasteiger partial charge in [-0.3, -0.25) is 0 Å². The van der Waals surface area contributed by atoms with E-state index >= 15 is 0 Å². The van der Waals surface area contributed by atoms with Gasteiger partial charge in [0.05, 0.1) is 6.10 Å². The summed E-state index contributed by atoms with van der Waals surface area (Å²) in [5.74, 6) is 0.658. The normalized spacial score (nSPS) is 30.4. The van der Waals surface area contributed by atoms with Crippen molar-refractivity contribution in [3.63, 3.8) is 0 Å². The van der Waals surface area contributed by atoms with Crippen LogP contribution in [0.4, 0.5) is 0 Å². The summed E-state index contributed by atoms with van der Waals surface area (Å²) in [5.41, 5.74) is 0. The van der Waals surface area contributed by atoms with E-state index in [1.54, 1.807) is 0 Å². The second-order valence-corrected chi connectivity index (χ2v) is 4.74. The first-order chi connectivity index (χ1) is 7.19. The molecule has 1 aliphatic rings. The molecular weight excluding hydrogens is 188 g/mol. The minimum absolute atomic E-state index is 0.107. The van der Waals surface area contributed by atoms with E-state index < -0.39 is 0 Å². The molecule has 3 nitrogen and oxygen atoms in total. The van der Waals surface area contributed by atoms with Crippen LogP contribution >= 0.6 is 0 Å². The van der Waals surface area contributed by atoms with Crippen LogP contribution < -0.4 is 5.32 Å². The molecule has 90 valence electrons. The molecule has 0 spiro atoms. The highest BCUT2D eigenvalue weighted by atomic mass is 16.3. The molecule has 3 atom stereocenters. The third-order valence-electron chi connectivity index (χ3n) is 3.54. The first-order valence-electron chi connectivity index (χ1n) is 6.27. The smallest absolute Gasteiger partial charge is 0.0540 e. The average molecular weight is 214 g/mol. The number of hydrogen-bond acceptors (Lipinski definition) is 3. The number of piperidine rings is 1. The fourth-order valence-electron chi connectivity index (χ4n) is 2.49. The van der Waals surface area contributed by atoms with Crippen LogP contribution in [0.2, 0.25) is 0 Å². The Labute approximate surface area is 93.9 Å². The summed E-state index contributed by atoms with van der Waals surface area (Å²) in [7, 11) is 2.04. The summed E-state index contributed by atoms with van der Waals surface area (Å²) < 4.78 is 0. The van der Waals surface area contributed by atoms with Crippen LogP contribution in [0.1, 0.15) is 33.1 Å². The van der Waals surface area contributed by atoms with Crippen molar-refractivity contribution >= 4 is 0 Å². The molecule has 1 heterocycles. The lowest BCUT2D eigenvalue weighted by Crippen LogP contribution is -2.48. The third-order valence-corrected chi connectivity index (χ3v) is 3.54. The van der Waals surface area contributed by atoms with Crippen molar-refractivity contribution in [1.29, 1.82) is 0 Å². The maximum atomic E-state index is 9.69. The molecule has 1 aliphatic heterocycles. The number of nitrogens with zero attached hydrogens (tertiary/aromatic N) is 1. The third kappa shape index (κ3) is 4.09. The molecule has 0 bridgehead atoms. The lowest BCUT2D eigenvalue weighted by Gasteiger charge is -2.37. The highest BCUT2D eigenvalue weighted by molar-refractivity contribution is 4.83. The zero-order chi connectivity index (χ0) is 11.3. The van der Waals surface area contributed by atoms with Crippen LogP contribution in [0.15, 0.2) is 0 Å². The number of aliphatic hydroxyl groups is 1. The number of rotatable bonds is 5. The average Bonchev–Trinajstić information content (AvgIpc) is 2.28. The summed E-state index contributed by atoms with van der Waals surface area (Å²) in [6.07, 6.45) is 2.95. The summed E-state index contributed by atoms with van der Waals surface area (Å²) in [4.78, 5) is 2.48. The van der Waals surface area contributed by atoms with Gasteiger partial charge in [-0.05, 0) is 38.8 Å². The van der Waals surface area contributed by atoms with Gasteiger partial charge in [0.2, 0.25) is 0 Å². The standard InChI is InChI=1S/C12H26N2O/c1-4-12(15)7-10-6-11(13-3)9-14(5-2)8-10/h10-13,15H,4-9H2,1-3H3. The van der Waals surface area contributed by atoms with E-state index in [0.29, 0.717) is 12.0 Å². The van der Waals surface area contributed by atoms with E-state index in [0.717, 1.165) is 32.5 Å². The first kappa shape index (κ1) is 12.9. The molecule has 1 saturated heterocycles. The maximum Gasteiger partial charge on any atom is 0.0540 e. The molecule has 0 radical (unpaired) electrons. The predicted molar refractivity (Wildman–Crippen MR) is 64.0 cm³/mol. The van der Waals surface area contributed by atoms with Gasteiger partial charge in [0.25, 0.3) is 0 Å². The SMILES string of the molecule is CCC(O)CC1CC(NC)CN(CC)C1. The van der Waals surface area contributed by atoms with E-state index in [1.165, 1.54) is 6.42 Å². The Hall–Kier alpha value is -0.120. The molecule has 0 amide bonds. The van der Waals surface area contributed by atoms with Crippen LogP contribution in [0.25, 0.3) is 0 Å². The van der Waals surface area contributed by atoms with E-state index in [9.17, 15) is 5.11 Å². The largest absolute Gasteiger partial charge is 0.393 e. The molecule has 3 heteroatoms. The van der Waals surface area contributed by atoms with Crippen molar-refractivity contribution in [2.45, 2.75) is 45.3 Å². The summed E-state index contributed by atoms with van der Waals surface area (Å²) in [5, 5.41) is 13.1. The van der Waals surface area contributed by atoms with Crippen molar-refractivity contribution < 1.29 is 5.11 Å². The predicted octanol–water partition coefficient (Wildman–Crippen LogP) is 1.08. The van der Waals surface area contributed by atoms with Crippen molar-refractivity contribution in [2.75, 3.05) is 26.7 Å². The van der Waals surface area contributed by atoms with Crippen molar-refractivity contribution in [1.82, 2.24) is 10.2 Å². The Morgan fingerprint density at radius 3 is 2.67 bits per heavy atom. The zero-order valence-corrected chi connectivity index (χ0v) is 10.4. The van der Waals surface area contributed by atoms with Crippen LogP contribution in [-0.2, 0) is 0 Å². The number of nitrogens with one attached hydrogen (secondary N) is 1. The van der Waals surface area contributed by atoms with Gasteiger partial charge in [-0.15, -0.1) is 0 Å². The molecular formula is C12H26N2O. The number of aliphatic hydroxyl groups excluding tert-OH is 1. The van der Waals surface area contributed by atoms with Crippen LogP contribution in [0, 0.1) is 5.92 Å². The number of hydrogen-bond donors (Lipinski definition) is 2. The Morgan fingerprint density at radius 2 is 2.13 bits per heavy atom. The Kier molecular flexibility index (Phi) is 5.58. The summed E-state index contributed by atoms with van der Waals surface area (Å²) in [6, 6.07) is 0.604. The van der Waals surface area contributed by atoms with E-state index in [-0.39, 0.29) is 6.10 Å². The van der Waals surface area contributed by atoms with Crippen molar-refractivity contribution in [3.05, 3.63) is 0 Å². The molecule has 15 heavy (non-hydrogen) atoms. The van der Waals surface area contributed by atoms with Crippen molar-refractivity contribution in [2.24, 2.45) is 5.92 Å². The molecule has 3 unspecified atom stereocenters. The lowest BCUT2D eigenvalue weighted by atomic mass is 9.89. The molecule has 1 fully saturated rings. The topological polar surface area (TPSA) is 35.5 Å². The van der Waals surface area contributed by atoms with E-state index in [4.69, 9.17) is 0 Å². The van der Waals surface area contributed by atoms with E-state index in [2.05, 4.69) is 24.1 Å². The Balaban J connectivity index is 2.42. The van der Waals surface area contributed by atoms with Crippen LogP contribution in [-0.4, -0.2) is 48.8 Å². The molecule has 0 aliphatic carbocycles. The second-order valence-electron chi connectivity index (χ2n) is 4.74. The molecule has 2 N–H and O–H groups in total. The molecule has 0 saturated carbocycles. The highest BCUT2D eigenvalue weighted by Gasteiger charge is 2.26. The van der Waals surface area contributed by atoms with Crippen LogP contribution in [0.5, 0.6) is 0 Å². The minimum atomic E-state index is -0.107. The van der Waals surface area contributed by atoms with Gasteiger partial charge < -0.3 is 15.3 Å². The summed E-state index contributed by atoms with van der Waals surface area (Å²) >= 11 is 0. The fourth-order valence-corrected chi connectivity index (χ4v) is 2.49. The summed E-state index contributed by atoms with van der Waals surface area (Å²) in [6.45, 7) is 7.71. The molecule has 0 aromatic heterocycles. The quantitative estimate of drug-likeness (QED) is 0.719. The van der Waals surface area contributed by atoms with Gasteiger partial charge in [0, 0.05) is 19.1 Å². The van der Waals surface area contributed by atoms with Gasteiger partial charge in [0.1, 0.15) is 0 Å². The van der Waals surface area contributed by atoms with Gasteiger partial charge in [-0.2, -0.15) is 0 Å². The first-order valence-corrected chi connectivity index (χ1v) is 6.27. The second kappa shape index (κ2) is 6.46. The molecule has 0 aromatic rings. The van der Waals surface area contributed by atoms with Gasteiger partial charge >= 0.3 is 0 Å². The number of likely N-dealkylation sites (tertiary alicyclic amines) is 1. The molecule has 1 rings (SSSR count). The molecule has 0 aromatic carbocycles. The lowest BCUT2D eigenvalue weighted by molar-refractivity contribution is 0.0878. The van der Waals surface area contributed by atoms with Gasteiger partial charge in [-0.1, -0.05) is 13.8 Å². The van der Waals surface area contributed by atoms with Gasteiger partial charge in [0.15, 0.2) is 0 Å². The van der Waals surface area contributed by atoms with Crippen LogP contribution in [0.3, 0.4) is 0 Å². The minimum Gasteiger partial charge on any atom is -0.393 e. The van der Waals surface area contributed by atoms with Crippen molar-refractivity contribution in [3.8, 4) is 0 Å². The maximum absolute atomic E-state index is 9.69. The number of likely N-dealkylation sites (N-methyl/N-ethyl adjacent to an activating group) is 2. The Bertz CT molecular complexity index is 160. The van der Waals surface area contributed by atoms with Gasteiger partial charge in [-0.25, -0.2) is 0 Å². The Morgan fingerprint density at radius 1 is 1.40 bits per heavy atom. The van der Waals surface area contributed by atoms with E-state index in [1.807, 2.05) is 7.05 Å². The monoisotopic (exact) mass is 214 g/mol.